The zero-order valence-electron chi connectivity index (χ0n) is 14.2. The number of likely N-dealkylation sites (tertiary alicyclic amines) is 1. The van der Waals surface area contributed by atoms with Crippen molar-refractivity contribution in [2.45, 2.75) is 39.3 Å². The molecule has 0 aromatic carbocycles. The lowest BCUT2D eigenvalue weighted by Gasteiger charge is -2.21. The van der Waals surface area contributed by atoms with Gasteiger partial charge >= 0.3 is 12.0 Å². The minimum Gasteiger partial charge on any atom is -0.465 e. The van der Waals surface area contributed by atoms with Crippen molar-refractivity contribution in [1.29, 1.82) is 0 Å². The lowest BCUT2D eigenvalue weighted by Crippen LogP contribution is -2.46. The highest BCUT2D eigenvalue weighted by molar-refractivity contribution is 5.90. The molecular formula is C16H23N3O5. The topological polar surface area (TPSA) is 101 Å². The Labute approximate surface area is 140 Å². The Balaban J connectivity index is 1.78. The molecule has 1 aromatic rings. The van der Waals surface area contributed by atoms with Gasteiger partial charge in [0.25, 0.3) is 0 Å². The molecule has 1 aliphatic rings. The van der Waals surface area contributed by atoms with E-state index in [1.54, 1.807) is 17.9 Å². The maximum absolute atomic E-state index is 11.9. The molecule has 8 heteroatoms. The van der Waals surface area contributed by atoms with E-state index in [4.69, 9.17) is 4.42 Å². The summed E-state index contributed by atoms with van der Waals surface area (Å²) in [5, 5.41) is 5.44. The molecule has 1 fully saturated rings. The molecule has 3 amide bonds. The Bertz CT molecular complexity index is 625. The summed E-state index contributed by atoms with van der Waals surface area (Å²) >= 11 is 0. The number of rotatable bonds is 6. The van der Waals surface area contributed by atoms with Crippen LogP contribution in [0.4, 0.5) is 4.79 Å². The van der Waals surface area contributed by atoms with E-state index >= 15 is 0 Å². The van der Waals surface area contributed by atoms with Gasteiger partial charge in [0, 0.05) is 25.6 Å². The molecule has 1 atom stereocenters. The molecule has 2 heterocycles. The number of ether oxygens (including phenoxy) is 1. The number of hydrogen-bond donors (Lipinski definition) is 2. The number of carbonyl (C=O) groups excluding carboxylic acids is 3. The highest BCUT2D eigenvalue weighted by Gasteiger charge is 2.22. The van der Waals surface area contributed by atoms with Crippen LogP contribution in [0.25, 0.3) is 0 Å². The third-order valence-electron chi connectivity index (χ3n) is 3.84. The van der Waals surface area contributed by atoms with E-state index in [1.165, 1.54) is 7.11 Å². The quantitative estimate of drug-likeness (QED) is 0.759. The van der Waals surface area contributed by atoms with Crippen LogP contribution < -0.4 is 10.6 Å². The van der Waals surface area contributed by atoms with Crippen molar-refractivity contribution in [2.75, 3.05) is 20.2 Å². The molecule has 0 saturated carbocycles. The zero-order valence-corrected chi connectivity index (χ0v) is 14.2. The number of amides is 3. The van der Waals surface area contributed by atoms with Crippen molar-refractivity contribution in [2.24, 2.45) is 0 Å². The van der Waals surface area contributed by atoms with E-state index < -0.39 is 5.97 Å². The van der Waals surface area contributed by atoms with E-state index in [9.17, 15) is 14.4 Å². The molecule has 132 valence electrons. The summed E-state index contributed by atoms with van der Waals surface area (Å²) < 4.78 is 10.1. The Kier molecular flexibility index (Phi) is 5.83. The Morgan fingerprint density at radius 2 is 2.21 bits per heavy atom. The Morgan fingerprint density at radius 1 is 1.46 bits per heavy atom. The summed E-state index contributed by atoms with van der Waals surface area (Å²) in [5.41, 5.74) is 0.343. The fourth-order valence-corrected chi connectivity index (χ4v) is 2.66. The first kappa shape index (κ1) is 17.8. The largest absolute Gasteiger partial charge is 0.465 e. The molecule has 1 aliphatic heterocycles. The molecule has 2 N–H and O–H groups in total. The molecule has 2 rings (SSSR count). The number of nitrogens with zero attached hydrogens (tertiary/aromatic N) is 1. The number of nitrogens with one attached hydrogen (secondary N) is 2. The van der Waals surface area contributed by atoms with Gasteiger partial charge in [0.2, 0.25) is 5.91 Å². The molecular weight excluding hydrogens is 314 g/mol. The maximum Gasteiger partial charge on any atom is 0.341 e. The number of urea groups is 1. The first-order chi connectivity index (χ1) is 11.4. The Morgan fingerprint density at radius 3 is 2.83 bits per heavy atom. The van der Waals surface area contributed by atoms with Gasteiger partial charge in [-0.1, -0.05) is 0 Å². The second-order valence-corrected chi connectivity index (χ2v) is 5.85. The Hall–Kier alpha value is -2.51. The molecule has 0 spiro atoms. The number of methoxy groups -OCH3 is 1. The van der Waals surface area contributed by atoms with Gasteiger partial charge < -0.3 is 24.7 Å². The SMILES string of the molecule is COC(=O)c1cc(CNC(=O)N[C@@H](C)CN2CCCC2=O)oc1C. The normalized spacial score (nSPS) is 15.3. The monoisotopic (exact) mass is 337 g/mol. The lowest BCUT2D eigenvalue weighted by atomic mass is 10.2. The zero-order chi connectivity index (χ0) is 17.7. The van der Waals surface area contributed by atoms with Crippen molar-refractivity contribution in [3.63, 3.8) is 0 Å². The average Bonchev–Trinajstić information content (AvgIpc) is 3.10. The van der Waals surface area contributed by atoms with Crippen LogP contribution in [-0.2, 0) is 16.1 Å². The first-order valence-corrected chi connectivity index (χ1v) is 7.90. The van der Waals surface area contributed by atoms with E-state index in [0.29, 0.717) is 30.0 Å². The van der Waals surface area contributed by atoms with Crippen molar-refractivity contribution < 1.29 is 23.5 Å². The third kappa shape index (κ3) is 4.50. The molecule has 0 bridgehead atoms. The summed E-state index contributed by atoms with van der Waals surface area (Å²) in [7, 11) is 1.30. The summed E-state index contributed by atoms with van der Waals surface area (Å²) in [4.78, 5) is 36.7. The number of aryl methyl sites for hydroxylation is 1. The van der Waals surface area contributed by atoms with Crippen LogP contribution in [0, 0.1) is 6.92 Å². The molecule has 0 radical (unpaired) electrons. The van der Waals surface area contributed by atoms with E-state index in [-0.39, 0.29) is 24.5 Å². The molecule has 8 nitrogen and oxygen atoms in total. The predicted molar refractivity (Wildman–Crippen MR) is 85.4 cm³/mol. The van der Waals surface area contributed by atoms with Crippen molar-refractivity contribution in [3.05, 3.63) is 23.2 Å². The molecule has 0 aliphatic carbocycles. The van der Waals surface area contributed by atoms with Crippen molar-refractivity contribution in [1.82, 2.24) is 15.5 Å². The van der Waals surface area contributed by atoms with Crippen molar-refractivity contribution >= 4 is 17.9 Å². The van der Waals surface area contributed by atoms with Crippen LogP contribution in [0.5, 0.6) is 0 Å². The molecule has 24 heavy (non-hydrogen) atoms. The van der Waals surface area contributed by atoms with Gasteiger partial charge in [-0.2, -0.15) is 0 Å². The fraction of sp³-hybridized carbons (Fsp3) is 0.562. The van der Waals surface area contributed by atoms with E-state index in [2.05, 4.69) is 15.4 Å². The predicted octanol–water partition coefficient (Wildman–Crippen LogP) is 1.18. The summed E-state index contributed by atoms with van der Waals surface area (Å²) in [5.74, 6) is 0.562. The summed E-state index contributed by atoms with van der Waals surface area (Å²) in [6, 6.07) is 1.03. The van der Waals surface area contributed by atoms with Crippen LogP contribution in [0.15, 0.2) is 10.5 Å². The van der Waals surface area contributed by atoms with E-state index in [1.807, 2.05) is 6.92 Å². The minimum absolute atomic E-state index is 0.130. The minimum atomic E-state index is -0.476. The van der Waals surface area contributed by atoms with Crippen LogP contribution in [0.3, 0.4) is 0 Å². The van der Waals surface area contributed by atoms with Gasteiger partial charge in [0.15, 0.2) is 0 Å². The van der Waals surface area contributed by atoms with Crippen LogP contribution in [0.1, 0.15) is 41.6 Å². The second-order valence-electron chi connectivity index (χ2n) is 5.85. The van der Waals surface area contributed by atoms with Crippen molar-refractivity contribution in [3.8, 4) is 0 Å². The average molecular weight is 337 g/mol. The van der Waals surface area contributed by atoms with Crippen LogP contribution >= 0.6 is 0 Å². The maximum atomic E-state index is 11.9. The van der Waals surface area contributed by atoms with Gasteiger partial charge in [0.1, 0.15) is 17.1 Å². The number of hydrogen-bond acceptors (Lipinski definition) is 5. The number of esters is 1. The lowest BCUT2D eigenvalue weighted by molar-refractivity contribution is -0.127. The van der Waals surface area contributed by atoms with Gasteiger partial charge in [-0.3, -0.25) is 4.79 Å². The van der Waals surface area contributed by atoms with Crippen LogP contribution in [-0.4, -0.2) is 49.0 Å². The fourth-order valence-electron chi connectivity index (χ4n) is 2.66. The first-order valence-electron chi connectivity index (χ1n) is 7.90. The standard InChI is InChI=1S/C16H23N3O5/c1-10(9-19-6-4-5-14(19)20)18-16(22)17-8-12-7-13(11(2)24-12)15(21)23-3/h7,10H,4-6,8-9H2,1-3H3,(H2,17,18,22)/t10-/m0/s1. The highest BCUT2D eigenvalue weighted by Crippen LogP contribution is 2.15. The molecule has 0 unspecified atom stereocenters. The van der Waals surface area contributed by atoms with Gasteiger partial charge in [0.05, 0.1) is 13.7 Å². The number of carbonyl (C=O) groups is 3. The second kappa shape index (κ2) is 7.85. The molecule has 1 saturated heterocycles. The number of furan rings is 1. The van der Waals surface area contributed by atoms with Crippen LogP contribution in [0.2, 0.25) is 0 Å². The highest BCUT2D eigenvalue weighted by atomic mass is 16.5. The van der Waals surface area contributed by atoms with Gasteiger partial charge in [-0.05, 0) is 26.3 Å². The smallest absolute Gasteiger partial charge is 0.341 e. The third-order valence-corrected chi connectivity index (χ3v) is 3.84. The van der Waals surface area contributed by atoms with Gasteiger partial charge in [-0.15, -0.1) is 0 Å². The summed E-state index contributed by atoms with van der Waals surface area (Å²) in [6.45, 7) is 4.90. The van der Waals surface area contributed by atoms with Gasteiger partial charge in [-0.25, -0.2) is 9.59 Å². The molecule has 1 aromatic heterocycles. The summed E-state index contributed by atoms with van der Waals surface area (Å²) in [6.07, 6.45) is 1.46. The van der Waals surface area contributed by atoms with E-state index in [0.717, 1.165) is 13.0 Å².